The van der Waals surface area contributed by atoms with Crippen LogP contribution in [0.15, 0.2) is 0 Å². The molecule has 0 aromatic rings. The smallest absolute Gasteiger partial charge is 0.189 e. The van der Waals surface area contributed by atoms with Gasteiger partial charge in [-0.15, -0.1) is 11.6 Å². The second-order valence-corrected chi connectivity index (χ2v) is 3.08. The van der Waals surface area contributed by atoms with E-state index in [4.69, 9.17) is 25.8 Å². The van der Waals surface area contributed by atoms with Gasteiger partial charge in [-0.1, -0.05) is 0 Å². The van der Waals surface area contributed by atoms with Gasteiger partial charge in [0.15, 0.2) is 5.79 Å². The van der Waals surface area contributed by atoms with Crippen LogP contribution in [0.3, 0.4) is 0 Å². The third-order valence-corrected chi connectivity index (χ3v) is 1.91. The van der Waals surface area contributed by atoms with Gasteiger partial charge in [-0.2, -0.15) is 0 Å². The Morgan fingerprint density at radius 3 is 2.91 bits per heavy atom. The molecule has 0 spiro atoms. The van der Waals surface area contributed by atoms with Crippen LogP contribution in [-0.2, 0) is 14.2 Å². The fraction of sp³-hybridized carbons (Fsp3) is 1.00. The van der Waals surface area contributed by atoms with Crippen LogP contribution < -0.4 is 0 Å². The van der Waals surface area contributed by atoms with Crippen molar-refractivity contribution in [2.24, 2.45) is 0 Å². The van der Waals surface area contributed by atoms with Gasteiger partial charge >= 0.3 is 0 Å². The lowest BCUT2D eigenvalue weighted by atomic mass is 10.3. The minimum Gasteiger partial charge on any atom is -0.379 e. The lowest BCUT2D eigenvalue weighted by molar-refractivity contribution is -0.182. The van der Waals surface area contributed by atoms with Crippen molar-refractivity contribution in [3.8, 4) is 0 Å². The molecule has 0 bridgehead atoms. The minimum absolute atomic E-state index is 0.0109. The van der Waals surface area contributed by atoms with E-state index in [-0.39, 0.29) is 6.10 Å². The molecule has 2 unspecified atom stereocenters. The van der Waals surface area contributed by atoms with Crippen LogP contribution in [0.1, 0.15) is 6.92 Å². The van der Waals surface area contributed by atoms with Gasteiger partial charge in [0, 0.05) is 7.11 Å². The standard InChI is InChI=1S/C7H13ClO3/c1-7(5-9-2)10-4-6(3-8)11-7/h6H,3-5H2,1-2H3. The van der Waals surface area contributed by atoms with Crippen LogP contribution >= 0.6 is 11.6 Å². The summed E-state index contributed by atoms with van der Waals surface area (Å²) >= 11 is 5.59. The highest BCUT2D eigenvalue weighted by Crippen LogP contribution is 2.23. The average Bonchev–Trinajstić information content (AvgIpc) is 2.33. The minimum atomic E-state index is -0.589. The third kappa shape index (κ3) is 2.30. The topological polar surface area (TPSA) is 27.7 Å². The van der Waals surface area contributed by atoms with Crippen LogP contribution in [0.25, 0.3) is 0 Å². The lowest BCUT2D eigenvalue weighted by Crippen LogP contribution is -2.32. The highest BCUT2D eigenvalue weighted by atomic mass is 35.5. The first-order valence-electron chi connectivity index (χ1n) is 3.57. The van der Waals surface area contributed by atoms with E-state index in [0.29, 0.717) is 19.1 Å². The second kappa shape index (κ2) is 3.72. The molecular formula is C7H13ClO3. The zero-order chi connectivity index (χ0) is 8.32. The molecule has 2 atom stereocenters. The van der Waals surface area contributed by atoms with Crippen molar-refractivity contribution < 1.29 is 14.2 Å². The van der Waals surface area contributed by atoms with Crippen molar-refractivity contribution in [1.29, 1.82) is 0 Å². The SMILES string of the molecule is COCC1(C)OCC(CCl)O1. The molecule has 1 heterocycles. The normalized spacial score (nSPS) is 37.9. The first-order valence-corrected chi connectivity index (χ1v) is 4.10. The molecule has 11 heavy (non-hydrogen) atoms. The molecule has 66 valence electrons. The molecule has 0 amide bonds. The molecule has 0 radical (unpaired) electrons. The van der Waals surface area contributed by atoms with Gasteiger partial charge in [-0.05, 0) is 6.92 Å². The quantitative estimate of drug-likeness (QED) is 0.607. The van der Waals surface area contributed by atoms with E-state index in [0.717, 1.165) is 0 Å². The molecule has 1 fully saturated rings. The summed E-state index contributed by atoms with van der Waals surface area (Å²) in [5, 5.41) is 0. The Hall–Kier alpha value is 0.170. The number of rotatable bonds is 3. The van der Waals surface area contributed by atoms with Gasteiger partial charge in [0.1, 0.15) is 0 Å². The van der Waals surface area contributed by atoms with Gasteiger partial charge in [-0.3, -0.25) is 0 Å². The monoisotopic (exact) mass is 180 g/mol. The molecule has 0 aromatic carbocycles. The Labute approximate surface area is 71.6 Å². The van der Waals surface area contributed by atoms with Gasteiger partial charge < -0.3 is 14.2 Å². The van der Waals surface area contributed by atoms with Gasteiger partial charge in [-0.25, -0.2) is 0 Å². The summed E-state index contributed by atoms with van der Waals surface area (Å²) in [5.74, 6) is -0.117. The molecule has 4 heteroatoms. The molecule has 1 saturated heterocycles. The Bertz CT molecular complexity index is 131. The molecule has 3 nitrogen and oxygen atoms in total. The Morgan fingerprint density at radius 2 is 2.45 bits per heavy atom. The number of hydrogen-bond acceptors (Lipinski definition) is 3. The van der Waals surface area contributed by atoms with E-state index in [1.54, 1.807) is 7.11 Å². The van der Waals surface area contributed by atoms with E-state index >= 15 is 0 Å². The van der Waals surface area contributed by atoms with Gasteiger partial charge in [0.05, 0.1) is 25.2 Å². The zero-order valence-corrected chi connectivity index (χ0v) is 7.56. The fourth-order valence-corrected chi connectivity index (χ4v) is 1.26. The molecule has 0 saturated carbocycles. The van der Waals surface area contributed by atoms with Crippen LogP contribution in [0.2, 0.25) is 0 Å². The van der Waals surface area contributed by atoms with Crippen molar-refractivity contribution in [2.45, 2.75) is 18.8 Å². The lowest BCUT2D eigenvalue weighted by Gasteiger charge is -2.21. The van der Waals surface area contributed by atoms with E-state index in [2.05, 4.69) is 0 Å². The molecule has 0 aliphatic carbocycles. The van der Waals surface area contributed by atoms with Crippen LogP contribution in [-0.4, -0.2) is 38.1 Å². The average molecular weight is 181 g/mol. The summed E-state index contributed by atoms with van der Waals surface area (Å²) in [5.41, 5.74) is 0. The van der Waals surface area contributed by atoms with E-state index in [9.17, 15) is 0 Å². The second-order valence-electron chi connectivity index (χ2n) is 2.77. The Kier molecular flexibility index (Phi) is 3.13. The number of methoxy groups -OCH3 is 1. The van der Waals surface area contributed by atoms with E-state index < -0.39 is 5.79 Å². The van der Waals surface area contributed by atoms with E-state index in [1.165, 1.54) is 0 Å². The maximum Gasteiger partial charge on any atom is 0.189 e. The first kappa shape index (κ1) is 9.26. The van der Waals surface area contributed by atoms with Crippen molar-refractivity contribution in [3.05, 3.63) is 0 Å². The Balaban J connectivity index is 2.37. The van der Waals surface area contributed by atoms with Crippen LogP contribution in [0, 0.1) is 0 Å². The number of hydrogen-bond donors (Lipinski definition) is 0. The number of ether oxygens (including phenoxy) is 3. The maximum atomic E-state index is 5.59. The maximum absolute atomic E-state index is 5.59. The molecule has 1 aliphatic heterocycles. The Morgan fingerprint density at radius 1 is 1.73 bits per heavy atom. The van der Waals surface area contributed by atoms with E-state index in [1.807, 2.05) is 6.92 Å². The van der Waals surface area contributed by atoms with Crippen molar-refractivity contribution in [3.63, 3.8) is 0 Å². The molecule has 1 rings (SSSR count). The fourth-order valence-electron chi connectivity index (χ4n) is 1.10. The van der Waals surface area contributed by atoms with Crippen LogP contribution in [0.4, 0.5) is 0 Å². The molecule has 0 N–H and O–H groups in total. The third-order valence-electron chi connectivity index (χ3n) is 1.57. The highest BCUT2D eigenvalue weighted by Gasteiger charge is 2.36. The zero-order valence-electron chi connectivity index (χ0n) is 6.80. The summed E-state index contributed by atoms with van der Waals surface area (Å²) < 4.78 is 15.7. The predicted octanol–water partition coefficient (Wildman–Crippen LogP) is 1.00. The largest absolute Gasteiger partial charge is 0.379 e. The summed E-state index contributed by atoms with van der Waals surface area (Å²) in [4.78, 5) is 0. The summed E-state index contributed by atoms with van der Waals surface area (Å²) in [6, 6.07) is 0. The summed E-state index contributed by atoms with van der Waals surface area (Å²) in [6.07, 6.45) is 0.0109. The first-order chi connectivity index (χ1) is 5.20. The molecule has 0 aromatic heterocycles. The molecular weight excluding hydrogens is 168 g/mol. The number of halogens is 1. The summed E-state index contributed by atoms with van der Waals surface area (Å²) in [6.45, 7) is 2.85. The van der Waals surface area contributed by atoms with Gasteiger partial charge in [0.25, 0.3) is 0 Å². The number of alkyl halides is 1. The van der Waals surface area contributed by atoms with Crippen molar-refractivity contribution in [2.75, 3.05) is 26.2 Å². The summed E-state index contributed by atoms with van der Waals surface area (Å²) in [7, 11) is 1.62. The predicted molar refractivity (Wildman–Crippen MR) is 41.8 cm³/mol. The van der Waals surface area contributed by atoms with Crippen molar-refractivity contribution >= 4 is 11.6 Å². The highest BCUT2D eigenvalue weighted by molar-refractivity contribution is 6.18. The molecule has 1 aliphatic rings. The van der Waals surface area contributed by atoms with Crippen LogP contribution in [0.5, 0.6) is 0 Å². The van der Waals surface area contributed by atoms with Gasteiger partial charge in [0.2, 0.25) is 0 Å². The van der Waals surface area contributed by atoms with Crippen molar-refractivity contribution in [1.82, 2.24) is 0 Å².